The van der Waals surface area contributed by atoms with Crippen LogP contribution in [0.3, 0.4) is 0 Å². The van der Waals surface area contributed by atoms with Crippen molar-refractivity contribution >= 4 is 50.9 Å². The van der Waals surface area contributed by atoms with E-state index in [1.165, 1.54) is 31.4 Å². The quantitative estimate of drug-likeness (QED) is 0.126. The minimum atomic E-state index is -2.74. The van der Waals surface area contributed by atoms with Gasteiger partial charge in [0.05, 0.1) is 27.9 Å². The van der Waals surface area contributed by atoms with Crippen LogP contribution < -0.4 is 13.8 Å². The summed E-state index contributed by atoms with van der Waals surface area (Å²) in [6, 6.07) is 5.92. The molecule has 190 valence electrons. The molecule has 1 amide bonds. The lowest BCUT2D eigenvalue weighted by Crippen LogP contribution is -2.17. The Morgan fingerprint density at radius 3 is 2.08 bits per heavy atom. The van der Waals surface area contributed by atoms with Crippen molar-refractivity contribution in [2.45, 2.75) is 11.8 Å². The second kappa shape index (κ2) is 11.2. The zero-order valence-corrected chi connectivity index (χ0v) is 20.7. The molecule has 0 spiro atoms. The van der Waals surface area contributed by atoms with E-state index in [1.54, 1.807) is 13.0 Å². The van der Waals surface area contributed by atoms with E-state index in [0.29, 0.717) is 6.41 Å². The maximum Gasteiger partial charge on any atom is 0.240 e. The molecule has 3 aromatic rings. The minimum absolute atomic E-state index is 0.0190. The molecule has 5 nitrogen and oxygen atoms in total. The maximum atomic E-state index is 14.2. The van der Waals surface area contributed by atoms with Crippen molar-refractivity contribution in [1.29, 1.82) is 0 Å². The highest BCUT2D eigenvalue weighted by Crippen LogP contribution is 2.39. The number of methoxy groups -OCH3 is 1. The first kappa shape index (κ1) is 27.3. The van der Waals surface area contributed by atoms with Crippen molar-refractivity contribution in [1.82, 2.24) is 0 Å². The molecule has 0 radical (unpaired) electrons. The molecule has 36 heavy (non-hydrogen) atoms. The molecule has 0 saturated carbocycles. The van der Waals surface area contributed by atoms with E-state index in [1.807, 2.05) is 0 Å². The average Bonchev–Trinajstić information content (AvgIpc) is 2.87. The van der Waals surface area contributed by atoms with Crippen LogP contribution in [0.2, 0.25) is 0 Å². The molecule has 3 aromatic carbocycles. The second-order valence-corrected chi connectivity index (χ2v) is 8.81. The van der Waals surface area contributed by atoms with Gasteiger partial charge in [-0.3, -0.25) is 9.69 Å². The number of ether oxygens (including phenoxy) is 1. The van der Waals surface area contributed by atoms with Crippen LogP contribution in [0.5, 0.6) is 11.5 Å². The molecule has 0 fully saturated rings. The number of anilines is 2. The maximum absolute atomic E-state index is 14.2. The fourth-order valence-electron chi connectivity index (χ4n) is 3.06. The van der Waals surface area contributed by atoms with E-state index in [-0.39, 0.29) is 32.1 Å². The molecule has 1 atom stereocenters. The fraction of sp³-hybridized carbons (Fsp3) is 0.0870. The summed E-state index contributed by atoms with van der Waals surface area (Å²) in [7, 11) is 1.31. The van der Waals surface area contributed by atoms with Crippen LogP contribution in [0.25, 0.3) is 6.08 Å². The van der Waals surface area contributed by atoms with Gasteiger partial charge < -0.3 is 8.92 Å². The zero-order chi connectivity index (χ0) is 26.7. The lowest BCUT2D eigenvalue weighted by atomic mass is 10.1. The number of carbonyl (C=O) groups excluding carboxylic acids is 1. The van der Waals surface area contributed by atoms with Gasteiger partial charge in [0.15, 0.2) is 0 Å². The van der Waals surface area contributed by atoms with Gasteiger partial charge in [-0.1, -0.05) is 12.2 Å². The summed E-state index contributed by atoms with van der Waals surface area (Å²) in [6.45, 7) is 1.61. The van der Waals surface area contributed by atoms with Gasteiger partial charge in [-0.2, -0.15) is 8.78 Å². The fourth-order valence-corrected chi connectivity index (χ4v) is 4.18. The standard InChI is InChI=1S/C23H14BrF6NO4S/c1-3-4-11-7-12(36(33)35-23-21(29)19(27)18(26)20(28)22(23)30)5-6-15(11)31(10-32)16-9-14(25)13(24)8-17(16)34-2/h3-10H,1-2H3/b4-3-. The van der Waals surface area contributed by atoms with Gasteiger partial charge in [-0.05, 0) is 52.7 Å². The number of rotatable bonds is 8. The first-order valence-corrected chi connectivity index (χ1v) is 11.6. The SMILES string of the molecule is C/C=C\c1cc(S(=O)Oc2c(F)c(F)c(F)c(F)c2F)ccc1N(C=O)c1cc(F)c(Br)cc1OC. The second-order valence-electron chi connectivity index (χ2n) is 6.85. The number of halogens is 7. The van der Waals surface area contributed by atoms with Gasteiger partial charge in [-0.25, -0.2) is 21.8 Å². The molecule has 0 aromatic heterocycles. The molecule has 13 heteroatoms. The van der Waals surface area contributed by atoms with Gasteiger partial charge in [0.25, 0.3) is 0 Å². The average molecular weight is 594 g/mol. The van der Waals surface area contributed by atoms with E-state index in [2.05, 4.69) is 20.1 Å². The zero-order valence-electron chi connectivity index (χ0n) is 18.3. The van der Waals surface area contributed by atoms with Crippen molar-refractivity contribution in [3.8, 4) is 11.5 Å². The predicted octanol–water partition coefficient (Wildman–Crippen LogP) is 6.72. The van der Waals surface area contributed by atoms with E-state index in [4.69, 9.17) is 4.74 Å². The normalized spacial score (nSPS) is 12.0. The Balaban J connectivity index is 2.07. The summed E-state index contributed by atoms with van der Waals surface area (Å²) < 4.78 is 105. The van der Waals surface area contributed by atoms with Crippen molar-refractivity contribution in [2.24, 2.45) is 0 Å². The summed E-state index contributed by atoms with van der Waals surface area (Å²) >= 11 is 0.281. The summed E-state index contributed by atoms with van der Waals surface area (Å²) in [6.07, 6.45) is 3.38. The number of carbonyl (C=O) groups is 1. The van der Waals surface area contributed by atoms with Crippen LogP contribution in [0.15, 0.2) is 45.8 Å². The minimum Gasteiger partial charge on any atom is -0.495 e. The van der Waals surface area contributed by atoms with Gasteiger partial charge in [-0.15, -0.1) is 0 Å². The van der Waals surface area contributed by atoms with Crippen molar-refractivity contribution in [3.05, 3.63) is 81.3 Å². The van der Waals surface area contributed by atoms with Gasteiger partial charge in [0.2, 0.25) is 52.3 Å². The Kier molecular flexibility index (Phi) is 8.46. The third-order valence-electron chi connectivity index (χ3n) is 4.71. The highest BCUT2D eigenvalue weighted by atomic mass is 79.9. The monoisotopic (exact) mass is 593 g/mol. The predicted molar refractivity (Wildman–Crippen MR) is 123 cm³/mol. The molecule has 0 N–H and O–H groups in total. The molecule has 0 aliphatic carbocycles. The van der Waals surface area contributed by atoms with Crippen molar-refractivity contribution in [3.63, 3.8) is 0 Å². The molecule has 1 unspecified atom stereocenters. The lowest BCUT2D eigenvalue weighted by Gasteiger charge is -2.23. The van der Waals surface area contributed by atoms with Crippen molar-refractivity contribution < 1.29 is 44.3 Å². The van der Waals surface area contributed by atoms with E-state index in [0.717, 1.165) is 17.0 Å². The molecular weight excluding hydrogens is 580 g/mol. The Hall–Kier alpha value is -3.32. The Bertz CT molecular complexity index is 1370. The Morgan fingerprint density at radius 2 is 1.53 bits per heavy atom. The molecule has 0 aliphatic heterocycles. The third kappa shape index (κ3) is 5.12. The van der Waals surface area contributed by atoms with Crippen molar-refractivity contribution in [2.75, 3.05) is 12.0 Å². The summed E-state index contributed by atoms with van der Waals surface area (Å²) in [5, 5.41) is 0. The summed E-state index contributed by atoms with van der Waals surface area (Å²) in [4.78, 5) is 12.8. The highest BCUT2D eigenvalue weighted by molar-refractivity contribution is 9.10. The third-order valence-corrected chi connectivity index (χ3v) is 6.28. The van der Waals surface area contributed by atoms with E-state index >= 15 is 0 Å². The molecule has 0 heterocycles. The lowest BCUT2D eigenvalue weighted by molar-refractivity contribution is -0.106. The molecule has 3 rings (SSSR count). The van der Waals surface area contributed by atoms with Crippen LogP contribution in [0.1, 0.15) is 12.5 Å². The molecule has 0 bridgehead atoms. The number of amides is 1. The molecule has 0 aliphatic rings. The highest BCUT2D eigenvalue weighted by Gasteiger charge is 2.29. The summed E-state index contributed by atoms with van der Waals surface area (Å²) in [5.74, 6) is -13.8. The van der Waals surface area contributed by atoms with Crippen LogP contribution in [-0.4, -0.2) is 17.7 Å². The van der Waals surface area contributed by atoms with Crippen LogP contribution in [0, 0.1) is 34.9 Å². The number of hydrogen-bond acceptors (Lipinski definition) is 4. The first-order valence-electron chi connectivity index (χ1n) is 9.71. The Labute approximate surface area is 211 Å². The number of nitrogens with zero attached hydrogens (tertiary/aromatic N) is 1. The summed E-state index contributed by atoms with van der Waals surface area (Å²) in [5.41, 5.74) is 0.382. The number of hydrogen-bond donors (Lipinski definition) is 0. The Morgan fingerprint density at radius 1 is 0.917 bits per heavy atom. The smallest absolute Gasteiger partial charge is 0.240 e. The molecule has 0 saturated heterocycles. The topological polar surface area (TPSA) is 55.8 Å². The van der Waals surface area contributed by atoms with Crippen LogP contribution >= 0.6 is 15.9 Å². The van der Waals surface area contributed by atoms with Gasteiger partial charge in [0.1, 0.15) is 11.6 Å². The number of benzene rings is 3. The van der Waals surface area contributed by atoms with Gasteiger partial charge in [0, 0.05) is 6.07 Å². The first-order chi connectivity index (χ1) is 17.0. The van der Waals surface area contributed by atoms with Gasteiger partial charge >= 0.3 is 0 Å². The number of allylic oxidation sites excluding steroid dienone is 1. The van der Waals surface area contributed by atoms with E-state index < -0.39 is 51.7 Å². The molecular formula is C23H14BrF6NO4S. The van der Waals surface area contributed by atoms with Crippen LogP contribution in [0.4, 0.5) is 37.7 Å². The largest absolute Gasteiger partial charge is 0.495 e. The van der Waals surface area contributed by atoms with E-state index in [9.17, 15) is 35.3 Å². The van der Waals surface area contributed by atoms with Crippen LogP contribution in [-0.2, 0) is 15.9 Å².